The van der Waals surface area contributed by atoms with Crippen molar-refractivity contribution in [1.82, 2.24) is 10.2 Å². The summed E-state index contributed by atoms with van der Waals surface area (Å²) in [4.78, 5) is 14.5. The van der Waals surface area contributed by atoms with Crippen LogP contribution >= 0.6 is 12.4 Å². The number of carbonyl (C=O) groups excluding carboxylic acids is 1. The highest BCUT2D eigenvalue weighted by Crippen LogP contribution is 2.18. The van der Waals surface area contributed by atoms with E-state index in [2.05, 4.69) is 5.32 Å². The van der Waals surface area contributed by atoms with Gasteiger partial charge in [0.25, 0.3) is 5.91 Å². The minimum atomic E-state index is -3.43. The van der Waals surface area contributed by atoms with Crippen LogP contribution in [-0.4, -0.2) is 45.4 Å². The second-order valence-electron chi connectivity index (χ2n) is 6.33. The number of carbonyl (C=O) groups is 1. The van der Waals surface area contributed by atoms with E-state index in [1.165, 1.54) is 12.1 Å². The smallest absolute Gasteiger partial charge is 0.253 e. The standard InChI is InChI=1S/C19H22N2O3S.ClH/c1-21(17-11-12-20-13-17)19(22)16-7-9-18(10-8-16)25(23,24)14-15-5-3-2-4-6-15;/h2-10,17,20H,11-14H2,1H3;1H. The second kappa shape index (κ2) is 8.66. The van der Waals surface area contributed by atoms with Gasteiger partial charge in [0.05, 0.1) is 10.6 Å². The molecule has 0 radical (unpaired) electrons. The second-order valence-corrected chi connectivity index (χ2v) is 8.32. The van der Waals surface area contributed by atoms with Crippen LogP contribution in [0.15, 0.2) is 59.5 Å². The van der Waals surface area contributed by atoms with Gasteiger partial charge < -0.3 is 10.2 Å². The Kier molecular flexibility index (Phi) is 6.81. The van der Waals surface area contributed by atoms with Crippen molar-refractivity contribution in [2.24, 2.45) is 0 Å². The molecule has 1 saturated heterocycles. The van der Waals surface area contributed by atoms with E-state index in [9.17, 15) is 13.2 Å². The lowest BCUT2D eigenvalue weighted by Gasteiger charge is -2.23. The molecule has 0 saturated carbocycles. The lowest BCUT2D eigenvalue weighted by atomic mass is 10.1. The van der Waals surface area contributed by atoms with E-state index in [1.54, 1.807) is 36.2 Å². The Balaban J connectivity index is 0.00000243. The van der Waals surface area contributed by atoms with Gasteiger partial charge in [0.2, 0.25) is 0 Å². The first-order chi connectivity index (χ1) is 12.0. The summed E-state index contributed by atoms with van der Waals surface area (Å²) in [7, 11) is -1.63. The molecular formula is C19H23ClN2O3S. The van der Waals surface area contributed by atoms with Gasteiger partial charge in [-0.1, -0.05) is 30.3 Å². The van der Waals surface area contributed by atoms with Gasteiger partial charge in [-0.2, -0.15) is 0 Å². The number of hydrogen-bond donors (Lipinski definition) is 1. The Labute approximate surface area is 160 Å². The van der Waals surface area contributed by atoms with Crippen LogP contribution in [0.2, 0.25) is 0 Å². The first-order valence-corrected chi connectivity index (χ1v) is 9.97. The lowest BCUT2D eigenvalue weighted by Crippen LogP contribution is -2.38. The number of rotatable bonds is 5. The highest BCUT2D eigenvalue weighted by Gasteiger charge is 2.24. The van der Waals surface area contributed by atoms with Crippen LogP contribution in [0.5, 0.6) is 0 Å². The van der Waals surface area contributed by atoms with Crippen LogP contribution in [-0.2, 0) is 15.6 Å². The highest BCUT2D eigenvalue weighted by molar-refractivity contribution is 7.90. The van der Waals surface area contributed by atoms with Crippen LogP contribution in [0.4, 0.5) is 0 Å². The molecule has 1 aliphatic heterocycles. The zero-order valence-electron chi connectivity index (χ0n) is 14.6. The summed E-state index contributed by atoms with van der Waals surface area (Å²) in [6.07, 6.45) is 0.936. The molecule has 1 N–H and O–H groups in total. The van der Waals surface area contributed by atoms with Crippen molar-refractivity contribution in [1.29, 1.82) is 0 Å². The molecular weight excluding hydrogens is 372 g/mol. The average molecular weight is 395 g/mol. The number of nitrogens with one attached hydrogen (secondary N) is 1. The molecule has 0 bridgehead atoms. The fourth-order valence-electron chi connectivity index (χ4n) is 3.02. The van der Waals surface area contributed by atoms with Crippen molar-refractivity contribution in [2.75, 3.05) is 20.1 Å². The molecule has 1 atom stereocenters. The summed E-state index contributed by atoms with van der Waals surface area (Å²) in [6.45, 7) is 1.71. The van der Waals surface area contributed by atoms with Gasteiger partial charge in [-0.15, -0.1) is 12.4 Å². The number of nitrogens with zero attached hydrogens (tertiary/aromatic N) is 1. The SMILES string of the molecule is CN(C(=O)c1ccc(S(=O)(=O)Cc2ccccc2)cc1)C1CCNC1.Cl. The van der Waals surface area contributed by atoms with Crippen molar-refractivity contribution in [2.45, 2.75) is 23.1 Å². The average Bonchev–Trinajstić information content (AvgIpc) is 3.16. The van der Waals surface area contributed by atoms with E-state index in [-0.39, 0.29) is 35.0 Å². The summed E-state index contributed by atoms with van der Waals surface area (Å²) in [5.74, 6) is -0.130. The molecule has 1 aliphatic rings. The summed E-state index contributed by atoms with van der Waals surface area (Å²) in [5, 5.41) is 3.24. The summed E-state index contributed by atoms with van der Waals surface area (Å²) in [6, 6.07) is 15.5. The fourth-order valence-corrected chi connectivity index (χ4v) is 4.37. The Bertz CT molecular complexity index is 833. The van der Waals surface area contributed by atoms with E-state index >= 15 is 0 Å². The van der Waals surface area contributed by atoms with Crippen LogP contribution < -0.4 is 5.32 Å². The minimum absolute atomic E-state index is 0. The van der Waals surface area contributed by atoms with Crippen LogP contribution in [0.25, 0.3) is 0 Å². The Hall–Kier alpha value is -1.89. The Morgan fingerprint density at radius 2 is 1.77 bits per heavy atom. The van der Waals surface area contributed by atoms with E-state index in [1.807, 2.05) is 18.2 Å². The highest BCUT2D eigenvalue weighted by atomic mass is 35.5. The molecule has 2 aromatic carbocycles. The quantitative estimate of drug-likeness (QED) is 0.846. The van der Waals surface area contributed by atoms with Crippen molar-refractivity contribution in [3.63, 3.8) is 0 Å². The molecule has 1 fully saturated rings. The number of sulfone groups is 1. The topological polar surface area (TPSA) is 66.5 Å². The number of halogens is 1. The third kappa shape index (κ3) is 4.63. The molecule has 140 valence electrons. The van der Waals surface area contributed by atoms with Gasteiger partial charge in [0.1, 0.15) is 0 Å². The zero-order chi connectivity index (χ0) is 17.9. The van der Waals surface area contributed by atoms with Gasteiger partial charge >= 0.3 is 0 Å². The van der Waals surface area contributed by atoms with Gasteiger partial charge in [-0.3, -0.25) is 4.79 Å². The number of amides is 1. The molecule has 1 unspecified atom stereocenters. The molecule has 1 heterocycles. The third-order valence-electron chi connectivity index (χ3n) is 4.56. The van der Waals surface area contributed by atoms with Gasteiger partial charge in [0.15, 0.2) is 9.84 Å². The maximum atomic E-state index is 12.5. The Morgan fingerprint density at radius 3 is 2.35 bits per heavy atom. The van der Waals surface area contributed by atoms with Gasteiger partial charge in [0, 0.05) is 25.2 Å². The minimum Gasteiger partial charge on any atom is -0.337 e. The molecule has 5 nitrogen and oxygen atoms in total. The maximum Gasteiger partial charge on any atom is 0.253 e. The Morgan fingerprint density at radius 1 is 1.12 bits per heavy atom. The molecule has 0 spiro atoms. The van der Waals surface area contributed by atoms with Crippen molar-refractivity contribution in [3.05, 3.63) is 65.7 Å². The van der Waals surface area contributed by atoms with E-state index in [0.717, 1.165) is 25.1 Å². The fraction of sp³-hybridized carbons (Fsp3) is 0.316. The van der Waals surface area contributed by atoms with Crippen molar-refractivity contribution >= 4 is 28.2 Å². The normalized spacial score (nSPS) is 16.7. The monoisotopic (exact) mass is 394 g/mol. The predicted molar refractivity (Wildman–Crippen MR) is 104 cm³/mol. The van der Waals surface area contributed by atoms with E-state index in [4.69, 9.17) is 0 Å². The van der Waals surface area contributed by atoms with Crippen LogP contribution in [0.1, 0.15) is 22.3 Å². The molecule has 7 heteroatoms. The first-order valence-electron chi connectivity index (χ1n) is 8.32. The number of likely N-dealkylation sites (N-methyl/N-ethyl adjacent to an activating group) is 1. The largest absolute Gasteiger partial charge is 0.337 e. The van der Waals surface area contributed by atoms with Crippen molar-refractivity contribution < 1.29 is 13.2 Å². The molecule has 1 amide bonds. The molecule has 0 aliphatic carbocycles. The number of hydrogen-bond acceptors (Lipinski definition) is 4. The molecule has 26 heavy (non-hydrogen) atoms. The lowest BCUT2D eigenvalue weighted by molar-refractivity contribution is 0.0743. The van der Waals surface area contributed by atoms with Crippen LogP contribution in [0.3, 0.4) is 0 Å². The van der Waals surface area contributed by atoms with Gasteiger partial charge in [-0.05, 0) is 42.8 Å². The van der Waals surface area contributed by atoms with Crippen LogP contribution in [0, 0.1) is 0 Å². The molecule has 3 rings (SSSR count). The molecule has 0 aromatic heterocycles. The summed E-state index contributed by atoms with van der Waals surface area (Å²) in [5.41, 5.74) is 1.25. The summed E-state index contributed by atoms with van der Waals surface area (Å²) < 4.78 is 25.0. The third-order valence-corrected chi connectivity index (χ3v) is 6.27. The zero-order valence-corrected chi connectivity index (χ0v) is 16.2. The first kappa shape index (κ1) is 20.4. The summed E-state index contributed by atoms with van der Waals surface area (Å²) >= 11 is 0. The maximum absolute atomic E-state index is 12.5. The van der Waals surface area contributed by atoms with E-state index < -0.39 is 9.84 Å². The predicted octanol–water partition coefficient (Wildman–Crippen LogP) is 2.52. The van der Waals surface area contributed by atoms with Crippen molar-refractivity contribution in [3.8, 4) is 0 Å². The van der Waals surface area contributed by atoms with E-state index in [0.29, 0.717) is 5.56 Å². The number of benzene rings is 2. The van der Waals surface area contributed by atoms with Gasteiger partial charge in [-0.25, -0.2) is 8.42 Å². The molecule has 2 aromatic rings.